The molecule has 3 nitrogen and oxygen atoms in total. The van der Waals surface area contributed by atoms with Gasteiger partial charge in [-0.25, -0.2) is 9.97 Å². The Morgan fingerprint density at radius 3 is 1.82 bits per heavy atom. The van der Waals surface area contributed by atoms with Crippen LogP contribution in [0.25, 0.3) is 0 Å². The minimum atomic E-state index is 0. The van der Waals surface area contributed by atoms with Gasteiger partial charge in [0.1, 0.15) is 12.1 Å². The summed E-state index contributed by atoms with van der Waals surface area (Å²) in [4.78, 5) is 7.30. The first-order valence-electron chi connectivity index (χ1n) is 1.91. The van der Waals surface area contributed by atoms with Crippen molar-refractivity contribution in [3.05, 3.63) is 18.6 Å². The summed E-state index contributed by atoms with van der Waals surface area (Å²) in [5, 5.41) is 0. The number of hydrogen-bond acceptors (Lipinski definition) is 3. The molecular weight excluding hydrogens is 232 g/mol. The summed E-state index contributed by atoms with van der Waals surface area (Å²) < 4.78 is 0. The van der Waals surface area contributed by atoms with Crippen molar-refractivity contribution in [2.45, 2.75) is 0 Å². The maximum absolute atomic E-state index is 5.21. The third-order valence-electron chi connectivity index (χ3n) is 0.605. The fourth-order valence-electron chi connectivity index (χ4n) is 0.301. The smallest absolute Gasteiger partial charge is 0.126 e. The van der Waals surface area contributed by atoms with Crippen molar-refractivity contribution in [1.82, 2.24) is 9.97 Å². The second-order valence-electron chi connectivity index (χ2n) is 1.13. The van der Waals surface area contributed by atoms with Crippen LogP contribution in [0.5, 0.6) is 0 Å². The molecule has 0 aliphatic carbocycles. The molecule has 11 heavy (non-hydrogen) atoms. The van der Waals surface area contributed by atoms with E-state index < -0.39 is 0 Å². The molecule has 0 amide bonds. The monoisotopic (exact) mass is 239 g/mol. The Bertz CT molecular complexity index is 147. The second kappa shape index (κ2) is 12.7. The van der Waals surface area contributed by atoms with Crippen LogP contribution < -0.4 is 5.73 Å². The van der Waals surface area contributed by atoms with E-state index in [9.17, 15) is 0 Å². The van der Waals surface area contributed by atoms with Crippen molar-refractivity contribution in [1.29, 1.82) is 0 Å². The number of hydrogen-bond donors (Lipinski definition) is 1. The van der Waals surface area contributed by atoms with E-state index in [2.05, 4.69) is 9.97 Å². The lowest BCUT2D eigenvalue weighted by molar-refractivity contribution is 1.18. The molecule has 0 bridgehead atoms. The SMILES string of the molecule is Cl.Cl.Cl.Cl.Nc1ccncn1. The van der Waals surface area contributed by atoms with Crippen molar-refractivity contribution < 1.29 is 0 Å². The zero-order valence-corrected chi connectivity index (χ0v) is 8.60. The Morgan fingerprint density at radius 2 is 1.64 bits per heavy atom. The molecule has 7 heteroatoms. The summed E-state index contributed by atoms with van der Waals surface area (Å²) in [7, 11) is 0. The zero-order valence-electron chi connectivity index (χ0n) is 5.34. The number of nitrogen functional groups attached to an aromatic ring is 1. The molecule has 0 atom stereocenters. The molecular formula is C4H9Cl4N3. The number of aromatic nitrogens is 2. The van der Waals surface area contributed by atoms with Gasteiger partial charge in [-0.1, -0.05) is 0 Å². The molecule has 68 valence electrons. The van der Waals surface area contributed by atoms with Crippen LogP contribution in [0, 0.1) is 0 Å². The fourth-order valence-corrected chi connectivity index (χ4v) is 0.301. The van der Waals surface area contributed by atoms with Gasteiger partial charge >= 0.3 is 0 Å². The number of anilines is 1. The summed E-state index contributed by atoms with van der Waals surface area (Å²) in [6, 6.07) is 1.64. The highest BCUT2D eigenvalue weighted by molar-refractivity contribution is 5.86. The van der Waals surface area contributed by atoms with Crippen LogP contribution in [-0.2, 0) is 0 Å². The molecule has 1 heterocycles. The molecule has 0 fully saturated rings. The van der Waals surface area contributed by atoms with Crippen molar-refractivity contribution in [3.8, 4) is 0 Å². The molecule has 1 rings (SSSR count). The van der Waals surface area contributed by atoms with E-state index in [0.29, 0.717) is 5.82 Å². The van der Waals surface area contributed by atoms with Crippen LogP contribution in [-0.4, -0.2) is 9.97 Å². The van der Waals surface area contributed by atoms with Gasteiger partial charge in [-0.3, -0.25) is 0 Å². The highest BCUT2D eigenvalue weighted by Crippen LogP contribution is 1.85. The maximum atomic E-state index is 5.21. The molecule has 0 aromatic carbocycles. The molecule has 0 unspecified atom stereocenters. The van der Waals surface area contributed by atoms with Gasteiger partial charge in [-0.15, -0.1) is 49.6 Å². The first-order valence-corrected chi connectivity index (χ1v) is 1.91. The summed E-state index contributed by atoms with van der Waals surface area (Å²) in [6.07, 6.45) is 3.01. The van der Waals surface area contributed by atoms with E-state index in [-0.39, 0.29) is 49.6 Å². The lowest BCUT2D eigenvalue weighted by atomic mass is 10.6. The first-order chi connectivity index (χ1) is 3.39. The predicted octanol–water partition coefficient (Wildman–Crippen LogP) is 1.75. The predicted molar refractivity (Wildman–Crippen MR) is 55.4 cm³/mol. The van der Waals surface area contributed by atoms with Gasteiger partial charge in [0.25, 0.3) is 0 Å². The maximum Gasteiger partial charge on any atom is 0.126 e. The average molecular weight is 241 g/mol. The Hall–Kier alpha value is 0.0400. The van der Waals surface area contributed by atoms with Crippen LogP contribution in [0.1, 0.15) is 0 Å². The van der Waals surface area contributed by atoms with Gasteiger partial charge in [0.15, 0.2) is 0 Å². The molecule has 0 aliphatic heterocycles. The van der Waals surface area contributed by atoms with Crippen LogP contribution in [0.2, 0.25) is 0 Å². The number of nitrogens with zero attached hydrogens (tertiary/aromatic N) is 2. The van der Waals surface area contributed by atoms with Gasteiger partial charge < -0.3 is 5.73 Å². The van der Waals surface area contributed by atoms with Crippen LogP contribution in [0.15, 0.2) is 18.6 Å². The summed E-state index contributed by atoms with van der Waals surface area (Å²) in [5.41, 5.74) is 5.21. The molecule has 1 aromatic heterocycles. The molecule has 0 spiro atoms. The average Bonchev–Trinajstić information content (AvgIpc) is 1.69. The molecule has 0 radical (unpaired) electrons. The van der Waals surface area contributed by atoms with E-state index in [4.69, 9.17) is 5.73 Å². The first kappa shape index (κ1) is 22.5. The normalized spacial score (nSPS) is 5.45. The van der Waals surface area contributed by atoms with E-state index >= 15 is 0 Å². The highest BCUT2D eigenvalue weighted by atomic mass is 35.5. The molecule has 0 aliphatic rings. The molecule has 1 aromatic rings. The Morgan fingerprint density at radius 1 is 1.09 bits per heavy atom. The standard InChI is InChI=1S/C4H5N3.4ClH/c5-4-1-2-6-3-7-4;;;;/h1-3H,(H2,5,6,7);4*1H. The molecule has 0 saturated carbocycles. The van der Waals surface area contributed by atoms with E-state index in [1.54, 1.807) is 12.3 Å². The van der Waals surface area contributed by atoms with E-state index in [1.807, 2.05) is 0 Å². The minimum Gasteiger partial charge on any atom is -0.384 e. The van der Waals surface area contributed by atoms with E-state index in [1.165, 1.54) is 6.33 Å². The van der Waals surface area contributed by atoms with Crippen LogP contribution >= 0.6 is 49.6 Å². The Balaban J connectivity index is -0.0000000612. The second-order valence-corrected chi connectivity index (χ2v) is 1.13. The lowest BCUT2D eigenvalue weighted by Gasteiger charge is -1.82. The lowest BCUT2D eigenvalue weighted by Crippen LogP contribution is -1.87. The van der Waals surface area contributed by atoms with Crippen LogP contribution in [0.3, 0.4) is 0 Å². The largest absolute Gasteiger partial charge is 0.384 e. The highest BCUT2D eigenvalue weighted by Gasteiger charge is 1.74. The molecule has 0 saturated heterocycles. The van der Waals surface area contributed by atoms with Crippen molar-refractivity contribution >= 4 is 55.4 Å². The van der Waals surface area contributed by atoms with Crippen LogP contribution in [0.4, 0.5) is 5.82 Å². The van der Waals surface area contributed by atoms with Gasteiger partial charge in [0.2, 0.25) is 0 Å². The van der Waals surface area contributed by atoms with Gasteiger partial charge in [0.05, 0.1) is 0 Å². The zero-order chi connectivity index (χ0) is 5.11. The third kappa shape index (κ3) is 10.0. The quantitative estimate of drug-likeness (QED) is 0.752. The van der Waals surface area contributed by atoms with E-state index in [0.717, 1.165) is 0 Å². The summed E-state index contributed by atoms with van der Waals surface area (Å²) in [5.74, 6) is 0.509. The Labute approximate surface area is 89.8 Å². The fraction of sp³-hybridized carbons (Fsp3) is 0. The summed E-state index contributed by atoms with van der Waals surface area (Å²) >= 11 is 0. The minimum absolute atomic E-state index is 0. The number of nitrogens with two attached hydrogens (primary N) is 1. The van der Waals surface area contributed by atoms with Crippen molar-refractivity contribution in [2.75, 3.05) is 5.73 Å². The molecule has 2 N–H and O–H groups in total. The van der Waals surface area contributed by atoms with Crippen molar-refractivity contribution in [2.24, 2.45) is 0 Å². The number of rotatable bonds is 0. The van der Waals surface area contributed by atoms with Crippen molar-refractivity contribution in [3.63, 3.8) is 0 Å². The van der Waals surface area contributed by atoms with Gasteiger partial charge in [0, 0.05) is 6.20 Å². The summed E-state index contributed by atoms with van der Waals surface area (Å²) in [6.45, 7) is 0. The van der Waals surface area contributed by atoms with Gasteiger partial charge in [-0.2, -0.15) is 0 Å². The van der Waals surface area contributed by atoms with Gasteiger partial charge in [-0.05, 0) is 6.07 Å². The third-order valence-corrected chi connectivity index (χ3v) is 0.605. The number of halogens is 4. The topological polar surface area (TPSA) is 51.8 Å². The Kier molecular flexibility index (Phi) is 25.9.